The van der Waals surface area contributed by atoms with Crippen LogP contribution in [0.4, 0.5) is 5.82 Å². The van der Waals surface area contributed by atoms with Crippen molar-refractivity contribution in [3.63, 3.8) is 0 Å². The average molecular weight is 459 g/mol. The minimum atomic E-state index is -0.694. The van der Waals surface area contributed by atoms with Crippen molar-refractivity contribution in [2.24, 2.45) is 0 Å². The second-order valence-electron chi connectivity index (χ2n) is 9.53. The molecule has 0 radical (unpaired) electrons. The molecule has 5 bridgehead atoms. The van der Waals surface area contributed by atoms with Gasteiger partial charge in [-0.25, -0.2) is 4.98 Å². The SMILES string of the molecule is O=C1CNC(=O)c2ccc3c(c2)CC2(C3)C(=O)Nc3ncc(cc32)C=CCCCCCCCN1. The molecule has 1 aliphatic carbocycles. The molecule has 5 rings (SSSR count). The molecule has 2 aliphatic heterocycles. The second-order valence-corrected chi connectivity index (χ2v) is 9.53. The van der Waals surface area contributed by atoms with E-state index in [4.69, 9.17) is 0 Å². The maximum absolute atomic E-state index is 13.1. The summed E-state index contributed by atoms with van der Waals surface area (Å²) in [5.74, 6) is 0.132. The van der Waals surface area contributed by atoms with Gasteiger partial charge in [0.05, 0.1) is 12.0 Å². The Kier molecular flexibility index (Phi) is 6.18. The fourth-order valence-corrected chi connectivity index (χ4v) is 5.24. The lowest BCUT2D eigenvalue weighted by molar-refractivity contribution is -0.121. The molecule has 3 N–H and O–H groups in total. The molecule has 176 valence electrons. The molecule has 3 aliphatic rings. The van der Waals surface area contributed by atoms with E-state index in [1.165, 1.54) is 0 Å². The zero-order chi connectivity index (χ0) is 23.5. The first-order valence-corrected chi connectivity index (χ1v) is 12.2. The summed E-state index contributed by atoms with van der Waals surface area (Å²) in [7, 11) is 0. The standard InChI is InChI=1S/C27H30N4O3/c32-23-17-30-25(33)19-9-10-20-14-27(15-21(20)13-19)22-12-18(16-29-24(22)31-26(27)34)8-6-4-2-1-3-5-7-11-28-23/h6,8-10,12-13,16H,1-5,7,11,14-15,17H2,(H,28,32)(H,30,33)(H,29,31,34). The van der Waals surface area contributed by atoms with Crippen molar-refractivity contribution in [2.75, 3.05) is 18.4 Å². The topological polar surface area (TPSA) is 100 Å². The molecule has 1 aromatic carbocycles. The van der Waals surface area contributed by atoms with E-state index < -0.39 is 5.41 Å². The van der Waals surface area contributed by atoms with Gasteiger partial charge in [-0.1, -0.05) is 37.5 Å². The molecule has 34 heavy (non-hydrogen) atoms. The third kappa shape index (κ3) is 4.34. The van der Waals surface area contributed by atoms with E-state index in [1.807, 2.05) is 18.3 Å². The summed E-state index contributed by atoms with van der Waals surface area (Å²) in [5, 5.41) is 8.55. The first kappa shape index (κ1) is 22.3. The molecule has 7 nitrogen and oxygen atoms in total. The Hall–Kier alpha value is -3.48. The summed E-state index contributed by atoms with van der Waals surface area (Å²) < 4.78 is 0. The van der Waals surface area contributed by atoms with Gasteiger partial charge >= 0.3 is 0 Å². The smallest absolute Gasteiger partial charge is 0.251 e. The first-order chi connectivity index (χ1) is 16.5. The molecule has 1 atom stereocenters. The van der Waals surface area contributed by atoms with Crippen molar-refractivity contribution in [2.45, 2.75) is 56.8 Å². The van der Waals surface area contributed by atoms with Gasteiger partial charge in [0, 0.05) is 23.9 Å². The number of pyridine rings is 1. The van der Waals surface area contributed by atoms with E-state index in [-0.39, 0.29) is 24.3 Å². The lowest BCUT2D eigenvalue weighted by Crippen LogP contribution is -2.37. The van der Waals surface area contributed by atoms with E-state index in [1.54, 1.807) is 6.07 Å². The summed E-state index contributed by atoms with van der Waals surface area (Å²) in [6.07, 6.45) is 13.6. The Morgan fingerprint density at radius 1 is 0.882 bits per heavy atom. The summed E-state index contributed by atoms with van der Waals surface area (Å²) in [5.41, 5.74) is 3.80. The van der Waals surface area contributed by atoms with Crippen molar-refractivity contribution in [3.05, 3.63) is 64.4 Å². The van der Waals surface area contributed by atoms with Crippen LogP contribution in [0.25, 0.3) is 6.08 Å². The van der Waals surface area contributed by atoms with E-state index in [2.05, 4.69) is 39.2 Å². The van der Waals surface area contributed by atoms with Gasteiger partial charge in [0.25, 0.3) is 5.91 Å². The van der Waals surface area contributed by atoms with Crippen LogP contribution in [0.1, 0.15) is 71.1 Å². The zero-order valence-corrected chi connectivity index (χ0v) is 19.3. The van der Waals surface area contributed by atoms with Crippen LogP contribution < -0.4 is 16.0 Å². The van der Waals surface area contributed by atoms with Gasteiger partial charge < -0.3 is 16.0 Å². The van der Waals surface area contributed by atoms with Crippen LogP contribution in [-0.4, -0.2) is 35.8 Å². The molecule has 1 aromatic heterocycles. The van der Waals surface area contributed by atoms with Crippen molar-refractivity contribution >= 4 is 29.6 Å². The highest BCUT2D eigenvalue weighted by Gasteiger charge is 2.51. The van der Waals surface area contributed by atoms with Gasteiger partial charge in [-0.2, -0.15) is 0 Å². The average Bonchev–Trinajstić information content (AvgIpc) is 3.35. The minimum Gasteiger partial charge on any atom is -0.355 e. The fraction of sp³-hybridized carbons (Fsp3) is 0.407. The van der Waals surface area contributed by atoms with Crippen LogP contribution in [0.5, 0.6) is 0 Å². The number of rotatable bonds is 0. The predicted molar refractivity (Wildman–Crippen MR) is 130 cm³/mol. The highest BCUT2D eigenvalue weighted by Crippen LogP contribution is 2.47. The maximum atomic E-state index is 13.1. The van der Waals surface area contributed by atoms with Crippen molar-refractivity contribution in [1.82, 2.24) is 15.6 Å². The Morgan fingerprint density at radius 2 is 1.71 bits per heavy atom. The van der Waals surface area contributed by atoms with Gasteiger partial charge in [0.2, 0.25) is 11.8 Å². The summed E-state index contributed by atoms with van der Waals surface area (Å²) in [4.78, 5) is 42.4. The summed E-state index contributed by atoms with van der Waals surface area (Å²) >= 11 is 0. The number of nitrogens with zero attached hydrogens (tertiary/aromatic N) is 1. The zero-order valence-electron chi connectivity index (χ0n) is 19.3. The number of allylic oxidation sites excluding steroid dienone is 1. The van der Waals surface area contributed by atoms with Crippen LogP contribution in [0.2, 0.25) is 0 Å². The number of carbonyl (C=O) groups is 3. The Bertz CT molecular complexity index is 1170. The third-order valence-corrected chi connectivity index (χ3v) is 7.13. The number of hydrogen-bond acceptors (Lipinski definition) is 4. The lowest BCUT2D eigenvalue weighted by Gasteiger charge is -2.20. The van der Waals surface area contributed by atoms with Gasteiger partial charge in [-0.05, 0) is 67.0 Å². The van der Waals surface area contributed by atoms with E-state index in [9.17, 15) is 14.4 Å². The number of anilines is 1. The van der Waals surface area contributed by atoms with Gasteiger partial charge in [0.1, 0.15) is 5.82 Å². The van der Waals surface area contributed by atoms with Crippen molar-refractivity contribution in [3.8, 4) is 0 Å². The van der Waals surface area contributed by atoms with Crippen LogP contribution in [-0.2, 0) is 27.8 Å². The number of benzene rings is 1. The summed E-state index contributed by atoms with van der Waals surface area (Å²) in [6, 6.07) is 7.63. The Labute approximate surface area is 199 Å². The molecule has 7 heteroatoms. The Morgan fingerprint density at radius 3 is 2.62 bits per heavy atom. The molecular weight excluding hydrogens is 428 g/mol. The third-order valence-electron chi connectivity index (χ3n) is 7.13. The van der Waals surface area contributed by atoms with E-state index in [0.717, 1.165) is 60.8 Å². The molecule has 2 aromatic rings. The number of fused-ring (bicyclic) bond motifs is 2. The number of nitrogens with one attached hydrogen (secondary N) is 3. The van der Waals surface area contributed by atoms with Crippen LogP contribution >= 0.6 is 0 Å². The number of aromatic nitrogens is 1. The molecule has 0 saturated carbocycles. The quantitative estimate of drug-likeness (QED) is 0.564. The van der Waals surface area contributed by atoms with Gasteiger partial charge in [-0.3, -0.25) is 14.4 Å². The minimum absolute atomic E-state index is 0.0375. The van der Waals surface area contributed by atoms with Crippen LogP contribution in [0, 0.1) is 0 Å². The lowest BCUT2D eigenvalue weighted by atomic mass is 9.79. The van der Waals surface area contributed by atoms with Gasteiger partial charge in [0.15, 0.2) is 0 Å². The molecule has 0 saturated heterocycles. The molecule has 3 amide bonds. The second kappa shape index (κ2) is 9.41. The van der Waals surface area contributed by atoms with E-state index in [0.29, 0.717) is 30.8 Å². The van der Waals surface area contributed by atoms with E-state index >= 15 is 0 Å². The first-order valence-electron chi connectivity index (χ1n) is 12.2. The normalized spacial score (nSPS) is 23.0. The predicted octanol–water partition coefficient (Wildman–Crippen LogP) is 3.28. The molecular formula is C27H30N4O3. The van der Waals surface area contributed by atoms with Crippen molar-refractivity contribution in [1.29, 1.82) is 0 Å². The molecule has 0 fully saturated rings. The van der Waals surface area contributed by atoms with Gasteiger partial charge in [-0.15, -0.1) is 0 Å². The molecule has 1 spiro atoms. The highest BCUT2D eigenvalue weighted by atomic mass is 16.2. The van der Waals surface area contributed by atoms with Crippen LogP contribution in [0.3, 0.4) is 0 Å². The highest BCUT2D eigenvalue weighted by molar-refractivity contribution is 6.06. The van der Waals surface area contributed by atoms with Crippen molar-refractivity contribution < 1.29 is 14.4 Å². The number of amides is 3. The van der Waals surface area contributed by atoms with Crippen LogP contribution in [0.15, 0.2) is 36.5 Å². The fourth-order valence-electron chi connectivity index (χ4n) is 5.24. The number of carbonyl (C=O) groups excluding carboxylic acids is 3. The largest absolute Gasteiger partial charge is 0.355 e. The number of hydrogen-bond donors (Lipinski definition) is 3. The molecule has 3 heterocycles. The molecule has 1 unspecified atom stereocenters. The summed E-state index contributed by atoms with van der Waals surface area (Å²) in [6.45, 7) is 0.583. The monoisotopic (exact) mass is 458 g/mol. The Balaban J connectivity index is 1.43. The maximum Gasteiger partial charge on any atom is 0.251 e.